The highest BCUT2D eigenvalue weighted by molar-refractivity contribution is 6.28. The molecular weight excluding hydrogens is 326 g/mol. The van der Waals surface area contributed by atoms with Crippen LogP contribution in [-0.4, -0.2) is 51.8 Å². The van der Waals surface area contributed by atoms with E-state index in [1.54, 1.807) is 0 Å². The van der Waals surface area contributed by atoms with Crippen LogP contribution >= 0.6 is 11.6 Å². The lowest BCUT2D eigenvalue weighted by molar-refractivity contribution is 0.139. The molecule has 7 heteroatoms. The summed E-state index contributed by atoms with van der Waals surface area (Å²) in [6.45, 7) is 13.3. The van der Waals surface area contributed by atoms with Crippen LogP contribution in [0.15, 0.2) is 6.33 Å². The van der Waals surface area contributed by atoms with Crippen molar-refractivity contribution in [2.45, 2.75) is 71.0 Å². The van der Waals surface area contributed by atoms with Gasteiger partial charge in [0, 0.05) is 36.9 Å². The Bertz CT molecular complexity index is 521. The van der Waals surface area contributed by atoms with Crippen LogP contribution in [0, 0.1) is 0 Å². The Balaban J connectivity index is 2.20. The van der Waals surface area contributed by atoms with E-state index in [4.69, 9.17) is 16.3 Å². The van der Waals surface area contributed by atoms with Crippen LogP contribution in [0.25, 0.3) is 0 Å². The first-order valence-electron chi connectivity index (χ1n) is 8.71. The highest BCUT2D eigenvalue weighted by atomic mass is 35.5. The highest BCUT2D eigenvalue weighted by Crippen LogP contribution is 2.33. The van der Waals surface area contributed by atoms with Crippen LogP contribution in [0.5, 0.6) is 0 Å². The van der Waals surface area contributed by atoms with E-state index in [-0.39, 0.29) is 16.4 Å². The van der Waals surface area contributed by atoms with Crippen LogP contribution < -0.4 is 10.2 Å². The lowest BCUT2D eigenvalue weighted by atomic mass is 9.79. The lowest BCUT2D eigenvalue weighted by Crippen LogP contribution is -2.62. The second-order valence-electron chi connectivity index (χ2n) is 7.75. The second-order valence-corrected chi connectivity index (χ2v) is 8.09. The monoisotopic (exact) mass is 355 g/mol. The third-order valence-electron chi connectivity index (χ3n) is 4.29. The van der Waals surface area contributed by atoms with Crippen molar-refractivity contribution >= 4 is 17.5 Å². The minimum atomic E-state index is 0.0570. The van der Waals surface area contributed by atoms with Crippen molar-refractivity contribution in [1.29, 1.82) is 0 Å². The molecule has 0 bridgehead atoms. The molecule has 0 aliphatic carbocycles. The second kappa shape index (κ2) is 7.93. The molecule has 1 aromatic rings. The van der Waals surface area contributed by atoms with Crippen molar-refractivity contribution in [3.63, 3.8) is 0 Å². The zero-order valence-electron chi connectivity index (χ0n) is 15.5. The molecule has 1 N–H and O–H groups in total. The summed E-state index contributed by atoms with van der Waals surface area (Å²) in [5.74, 6) is 0.657. The average Bonchev–Trinajstić information content (AvgIpc) is 2.44. The minimum absolute atomic E-state index is 0.0570. The fraction of sp³-hybridized carbons (Fsp3) is 0.824. The van der Waals surface area contributed by atoms with Crippen LogP contribution in [0.3, 0.4) is 0 Å². The first-order chi connectivity index (χ1) is 11.2. The van der Waals surface area contributed by atoms with E-state index < -0.39 is 0 Å². The smallest absolute Gasteiger partial charge is 0.229 e. The predicted molar refractivity (Wildman–Crippen MR) is 97.6 cm³/mol. The maximum absolute atomic E-state index is 6.00. The van der Waals surface area contributed by atoms with Gasteiger partial charge < -0.3 is 15.0 Å². The molecule has 136 valence electrons. The minimum Gasteiger partial charge on any atom is -0.382 e. The summed E-state index contributed by atoms with van der Waals surface area (Å²) in [4.78, 5) is 14.9. The largest absolute Gasteiger partial charge is 0.382 e. The number of rotatable bonds is 7. The lowest BCUT2D eigenvalue weighted by Gasteiger charge is -2.49. The third kappa shape index (κ3) is 5.53. The molecule has 0 amide bonds. The molecule has 1 fully saturated rings. The summed E-state index contributed by atoms with van der Waals surface area (Å²) in [6.07, 6.45) is 4.46. The van der Waals surface area contributed by atoms with Crippen molar-refractivity contribution in [3.8, 4) is 0 Å². The van der Waals surface area contributed by atoms with E-state index in [9.17, 15) is 0 Å². The fourth-order valence-corrected chi connectivity index (χ4v) is 3.94. The maximum Gasteiger partial charge on any atom is 0.229 e. The summed E-state index contributed by atoms with van der Waals surface area (Å²) in [6, 6.07) is 0.344. The molecule has 2 rings (SSSR count). The number of hydrogen-bond donors (Lipinski definition) is 1. The van der Waals surface area contributed by atoms with Crippen molar-refractivity contribution in [3.05, 3.63) is 11.6 Å². The van der Waals surface area contributed by atoms with Crippen LogP contribution in [0.4, 0.5) is 5.95 Å². The first-order valence-corrected chi connectivity index (χ1v) is 9.08. The summed E-state index contributed by atoms with van der Waals surface area (Å²) < 4.78 is 5.49. The molecule has 0 unspecified atom stereocenters. The molecule has 1 aliphatic heterocycles. The summed E-state index contributed by atoms with van der Waals surface area (Å²) >= 11 is 6.00. The Labute approximate surface area is 150 Å². The van der Waals surface area contributed by atoms with Crippen LogP contribution in [-0.2, 0) is 4.74 Å². The van der Waals surface area contributed by atoms with Gasteiger partial charge in [-0.25, -0.2) is 9.97 Å². The van der Waals surface area contributed by atoms with E-state index in [0.717, 1.165) is 39.0 Å². The van der Waals surface area contributed by atoms with Crippen molar-refractivity contribution < 1.29 is 4.74 Å². The molecule has 0 spiro atoms. The Morgan fingerprint density at radius 2 is 1.92 bits per heavy atom. The summed E-state index contributed by atoms with van der Waals surface area (Å²) in [5, 5.41) is 3.96. The van der Waals surface area contributed by atoms with E-state index in [1.165, 1.54) is 6.33 Å². The normalized spacial score (nSPS) is 20.1. The fourth-order valence-electron chi connectivity index (χ4n) is 3.82. The van der Waals surface area contributed by atoms with Gasteiger partial charge in [-0.1, -0.05) is 0 Å². The molecule has 0 saturated carbocycles. The standard InChI is InChI=1S/C17H30ClN5O/c1-6-24-9-7-8-23(15-20-12-19-14(18)21-15)13-10-16(2,3)22-17(4,5)11-13/h12-13,22H,6-11H2,1-5H3. The van der Waals surface area contributed by atoms with Gasteiger partial charge in [-0.2, -0.15) is 4.98 Å². The topological polar surface area (TPSA) is 63.2 Å². The molecule has 0 atom stereocenters. The Hall–Kier alpha value is -0.980. The summed E-state index contributed by atoms with van der Waals surface area (Å²) in [5.41, 5.74) is 0.114. The SMILES string of the molecule is CCOCCCN(c1ncnc(Cl)n1)C1CC(C)(C)NC(C)(C)C1. The number of nitrogens with zero attached hydrogens (tertiary/aromatic N) is 4. The van der Waals surface area contributed by atoms with Crippen LogP contribution in [0.1, 0.15) is 53.9 Å². The quantitative estimate of drug-likeness (QED) is 0.758. The molecule has 1 aliphatic rings. The van der Waals surface area contributed by atoms with Crippen molar-refractivity contribution in [1.82, 2.24) is 20.3 Å². The van der Waals surface area contributed by atoms with Gasteiger partial charge >= 0.3 is 0 Å². The number of hydrogen-bond acceptors (Lipinski definition) is 6. The van der Waals surface area contributed by atoms with Gasteiger partial charge in [0.05, 0.1) is 0 Å². The molecule has 1 saturated heterocycles. The molecule has 0 radical (unpaired) electrons. The van der Waals surface area contributed by atoms with Gasteiger partial charge in [0.1, 0.15) is 6.33 Å². The number of ether oxygens (including phenoxy) is 1. The number of piperidine rings is 1. The Morgan fingerprint density at radius 3 is 2.50 bits per heavy atom. The van der Waals surface area contributed by atoms with E-state index in [1.807, 2.05) is 6.92 Å². The van der Waals surface area contributed by atoms with Crippen molar-refractivity contribution in [2.75, 3.05) is 24.7 Å². The number of aromatic nitrogens is 3. The number of halogens is 1. The van der Waals surface area contributed by atoms with E-state index >= 15 is 0 Å². The number of anilines is 1. The van der Waals surface area contributed by atoms with E-state index in [2.05, 4.69) is 52.9 Å². The van der Waals surface area contributed by atoms with Gasteiger partial charge in [0.2, 0.25) is 11.2 Å². The molecule has 1 aromatic heterocycles. The predicted octanol–water partition coefficient (Wildman–Crippen LogP) is 3.07. The van der Waals surface area contributed by atoms with Gasteiger partial charge in [-0.15, -0.1) is 0 Å². The van der Waals surface area contributed by atoms with Crippen molar-refractivity contribution in [2.24, 2.45) is 0 Å². The Morgan fingerprint density at radius 1 is 1.25 bits per heavy atom. The molecule has 2 heterocycles. The zero-order valence-corrected chi connectivity index (χ0v) is 16.2. The first kappa shape index (κ1) is 19.3. The van der Waals surface area contributed by atoms with Gasteiger partial charge in [0.25, 0.3) is 0 Å². The molecular formula is C17H30ClN5O. The van der Waals surface area contributed by atoms with Gasteiger partial charge in [0.15, 0.2) is 0 Å². The zero-order chi connectivity index (χ0) is 17.8. The molecule has 6 nitrogen and oxygen atoms in total. The van der Waals surface area contributed by atoms with Gasteiger partial charge in [-0.05, 0) is 65.5 Å². The highest BCUT2D eigenvalue weighted by Gasteiger charge is 2.40. The third-order valence-corrected chi connectivity index (χ3v) is 4.47. The maximum atomic E-state index is 6.00. The summed E-state index contributed by atoms with van der Waals surface area (Å²) in [7, 11) is 0. The molecule has 0 aromatic carbocycles. The van der Waals surface area contributed by atoms with E-state index in [0.29, 0.717) is 12.0 Å². The molecule has 24 heavy (non-hydrogen) atoms. The Kier molecular flexibility index (Phi) is 6.39. The van der Waals surface area contributed by atoms with Gasteiger partial charge in [-0.3, -0.25) is 0 Å². The number of nitrogens with one attached hydrogen (secondary N) is 1. The van der Waals surface area contributed by atoms with Crippen LogP contribution in [0.2, 0.25) is 5.28 Å². The average molecular weight is 356 g/mol.